The maximum Gasteiger partial charge on any atom is 0.235 e. The van der Waals surface area contributed by atoms with E-state index in [1.165, 1.54) is 22.8 Å². The van der Waals surface area contributed by atoms with Gasteiger partial charge < -0.3 is 10.2 Å². The molecule has 1 aliphatic rings. The number of carbonyl (C=O) groups is 1. The summed E-state index contributed by atoms with van der Waals surface area (Å²) in [7, 11) is -3.51. The average molecular weight is 444 g/mol. The number of benzene rings is 2. The topological polar surface area (TPSA) is 69.7 Å². The minimum Gasteiger partial charge on any atom is -0.371 e. The Labute approximate surface area is 186 Å². The predicted molar refractivity (Wildman–Crippen MR) is 125 cm³/mol. The van der Waals surface area contributed by atoms with Gasteiger partial charge in [-0.1, -0.05) is 49.4 Å². The molecule has 2 atom stereocenters. The third-order valence-corrected chi connectivity index (χ3v) is 6.98. The van der Waals surface area contributed by atoms with Crippen molar-refractivity contribution in [2.75, 3.05) is 30.8 Å². The molecule has 0 aromatic heterocycles. The molecule has 1 aliphatic heterocycles. The Morgan fingerprint density at radius 2 is 1.84 bits per heavy atom. The van der Waals surface area contributed by atoms with E-state index in [0.29, 0.717) is 5.92 Å². The first-order valence-electron chi connectivity index (χ1n) is 10.9. The van der Waals surface area contributed by atoms with Gasteiger partial charge in [0.05, 0.1) is 18.8 Å². The summed E-state index contributed by atoms with van der Waals surface area (Å²) in [5.74, 6) is 0.392. The molecule has 2 aromatic rings. The van der Waals surface area contributed by atoms with Crippen LogP contribution in [0.25, 0.3) is 0 Å². The quantitative estimate of drug-likeness (QED) is 0.677. The first-order chi connectivity index (χ1) is 14.7. The van der Waals surface area contributed by atoms with Gasteiger partial charge in [-0.05, 0) is 48.9 Å². The standard InChI is InChI=1S/C24H33N3O3S/c1-19-8-7-15-26(16-19)23-13-11-22(12-14-23)20(2)25-24(28)18-27(31(3,29)30)17-21-9-5-4-6-10-21/h4-6,9-14,19-20H,7-8,15-18H2,1-3H3,(H,25,28)/t19-,20+/m1/s1. The van der Waals surface area contributed by atoms with Crippen molar-refractivity contribution in [1.82, 2.24) is 9.62 Å². The van der Waals surface area contributed by atoms with Crippen LogP contribution in [-0.2, 0) is 21.4 Å². The van der Waals surface area contributed by atoms with E-state index in [1.54, 1.807) is 0 Å². The van der Waals surface area contributed by atoms with Gasteiger partial charge in [0.25, 0.3) is 0 Å². The van der Waals surface area contributed by atoms with Crippen LogP contribution < -0.4 is 10.2 Å². The predicted octanol–water partition coefficient (Wildman–Crippen LogP) is 3.56. The molecule has 3 rings (SSSR count). The van der Waals surface area contributed by atoms with Crippen LogP contribution in [0.1, 0.15) is 43.9 Å². The van der Waals surface area contributed by atoms with E-state index in [9.17, 15) is 13.2 Å². The number of hydrogen-bond donors (Lipinski definition) is 1. The summed E-state index contributed by atoms with van der Waals surface area (Å²) in [4.78, 5) is 15.0. The molecule has 0 saturated carbocycles. The molecule has 6 nitrogen and oxygen atoms in total. The summed E-state index contributed by atoms with van der Waals surface area (Å²) in [6.07, 6.45) is 3.63. The lowest BCUT2D eigenvalue weighted by atomic mass is 9.99. The molecule has 7 heteroatoms. The number of sulfonamides is 1. The van der Waals surface area contributed by atoms with Crippen LogP contribution >= 0.6 is 0 Å². The SMILES string of the molecule is C[C@@H]1CCCN(c2ccc([C@H](C)NC(=O)CN(Cc3ccccc3)S(C)(=O)=O)cc2)C1. The van der Waals surface area contributed by atoms with Crippen LogP contribution in [0.4, 0.5) is 5.69 Å². The lowest BCUT2D eigenvalue weighted by molar-refractivity contribution is -0.122. The van der Waals surface area contributed by atoms with E-state index < -0.39 is 10.0 Å². The van der Waals surface area contributed by atoms with Crippen LogP contribution in [0.5, 0.6) is 0 Å². The van der Waals surface area contributed by atoms with Gasteiger partial charge in [-0.2, -0.15) is 4.31 Å². The summed E-state index contributed by atoms with van der Waals surface area (Å²) in [5.41, 5.74) is 3.05. The second-order valence-electron chi connectivity index (χ2n) is 8.59. The van der Waals surface area contributed by atoms with Crippen molar-refractivity contribution in [3.63, 3.8) is 0 Å². The summed E-state index contributed by atoms with van der Waals surface area (Å²) in [6, 6.07) is 17.4. The number of hydrogen-bond acceptors (Lipinski definition) is 4. The number of piperidine rings is 1. The number of amides is 1. The third kappa shape index (κ3) is 6.80. The van der Waals surface area contributed by atoms with Gasteiger partial charge in [-0.25, -0.2) is 8.42 Å². The third-order valence-electron chi connectivity index (χ3n) is 5.78. The zero-order chi connectivity index (χ0) is 22.4. The second-order valence-corrected chi connectivity index (χ2v) is 10.6. The summed E-state index contributed by atoms with van der Waals surface area (Å²) >= 11 is 0. The molecule has 0 aliphatic carbocycles. The van der Waals surface area contributed by atoms with Crippen LogP contribution in [0, 0.1) is 5.92 Å². The van der Waals surface area contributed by atoms with Gasteiger partial charge in [0.15, 0.2) is 0 Å². The van der Waals surface area contributed by atoms with Crippen molar-refractivity contribution >= 4 is 21.6 Å². The summed E-state index contributed by atoms with van der Waals surface area (Å²) in [6.45, 7) is 6.33. The Kier molecular flexibility index (Phi) is 7.73. The molecule has 1 amide bonds. The van der Waals surface area contributed by atoms with E-state index in [1.807, 2.05) is 49.4 Å². The Balaban J connectivity index is 1.59. The Morgan fingerprint density at radius 1 is 1.16 bits per heavy atom. The molecule has 2 aromatic carbocycles. The Morgan fingerprint density at radius 3 is 2.45 bits per heavy atom. The minimum atomic E-state index is -3.51. The summed E-state index contributed by atoms with van der Waals surface area (Å²) < 4.78 is 25.6. The molecule has 1 saturated heterocycles. The highest BCUT2D eigenvalue weighted by Gasteiger charge is 2.22. The second kappa shape index (κ2) is 10.3. The monoisotopic (exact) mass is 443 g/mol. The van der Waals surface area contributed by atoms with Crippen molar-refractivity contribution in [2.45, 2.75) is 39.3 Å². The number of carbonyl (C=O) groups excluding carboxylic acids is 1. The Bertz CT molecular complexity index is 961. The molecule has 0 spiro atoms. The maximum atomic E-state index is 12.6. The molecule has 0 unspecified atom stereocenters. The normalized spacial score (nSPS) is 18.1. The van der Waals surface area contributed by atoms with Gasteiger partial charge in [0, 0.05) is 25.3 Å². The fourth-order valence-electron chi connectivity index (χ4n) is 4.01. The molecule has 31 heavy (non-hydrogen) atoms. The smallest absolute Gasteiger partial charge is 0.235 e. The van der Waals surface area contributed by atoms with Gasteiger partial charge in [0.2, 0.25) is 15.9 Å². The highest BCUT2D eigenvalue weighted by Crippen LogP contribution is 2.24. The number of nitrogens with zero attached hydrogens (tertiary/aromatic N) is 2. The van der Waals surface area contributed by atoms with E-state index in [0.717, 1.165) is 30.5 Å². The van der Waals surface area contributed by atoms with Gasteiger partial charge in [-0.3, -0.25) is 4.79 Å². The number of nitrogens with one attached hydrogen (secondary N) is 1. The highest BCUT2D eigenvalue weighted by atomic mass is 32.2. The molecular weight excluding hydrogens is 410 g/mol. The molecule has 1 N–H and O–H groups in total. The molecular formula is C24H33N3O3S. The van der Waals surface area contributed by atoms with Crippen LogP contribution in [0.2, 0.25) is 0 Å². The zero-order valence-electron chi connectivity index (χ0n) is 18.6. The molecule has 0 radical (unpaired) electrons. The van der Waals surface area contributed by atoms with Crippen molar-refractivity contribution < 1.29 is 13.2 Å². The molecule has 0 bridgehead atoms. The van der Waals surface area contributed by atoms with Crippen molar-refractivity contribution in [1.29, 1.82) is 0 Å². The minimum absolute atomic E-state index is 0.171. The lowest BCUT2D eigenvalue weighted by Gasteiger charge is -2.33. The fraction of sp³-hybridized carbons (Fsp3) is 0.458. The van der Waals surface area contributed by atoms with Crippen molar-refractivity contribution in [3.05, 3.63) is 65.7 Å². The van der Waals surface area contributed by atoms with E-state index in [-0.39, 0.29) is 25.0 Å². The van der Waals surface area contributed by atoms with E-state index in [2.05, 4.69) is 29.3 Å². The number of rotatable bonds is 8. The van der Waals surface area contributed by atoms with Gasteiger partial charge >= 0.3 is 0 Å². The highest BCUT2D eigenvalue weighted by molar-refractivity contribution is 7.88. The largest absolute Gasteiger partial charge is 0.371 e. The van der Waals surface area contributed by atoms with Gasteiger partial charge in [0.1, 0.15) is 0 Å². The molecule has 168 valence electrons. The first-order valence-corrected chi connectivity index (χ1v) is 12.7. The Hall–Kier alpha value is -2.38. The first kappa shape index (κ1) is 23.3. The van der Waals surface area contributed by atoms with Crippen LogP contribution in [-0.4, -0.2) is 44.5 Å². The van der Waals surface area contributed by atoms with E-state index in [4.69, 9.17) is 0 Å². The van der Waals surface area contributed by atoms with Crippen molar-refractivity contribution in [3.8, 4) is 0 Å². The van der Waals surface area contributed by atoms with Crippen LogP contribution in [0.15, 0.2) is 54.6 Å². The zero-order valence-corrected chi connectivity index (χ0v) is 19.4. The van der Waals surface area contributed by atoms with E-state index >= 15 is 0 Å². The fourth-order valence-corrected chi connectivity index (χ4v) is 4.74. The number of anilines is 1. The van der Waals surface area contributed by atoms with Crippen molar-refractivity contribution in [2.24, 2.45) is 5.92 Å². The maximum absolute atomic E-state index is 12.6. The lowest BCUT2D eigenvalue weighted by Crippen LogP contribution is -2.40. The average Bonchev–Trinajstić information content (AvgIpc) is 2.73. The molecule has 1 heterocycles. The van der Waals surface area contributed by atoms with Gasteiger partial charge in [-0.15, -0.1) is 0 Å². The van der Waals surface area contributed by atoms with Crippen LogP contribution in [0.3, 0.4) is 0 Å². The summed E-state index contributed by atoms with van der Waals surface area (Å²) in [5, 5.41) is 2.93. The molecule has 1 fully saturated rings.